The molecule has 0 aliphatic carbocycles. The van der Waals surface area contributed by atoms with Gasteiger partial charge in [-0.25, -0.2) is 0 Å². The number of rotatable bonds is 0. The van der Waals surface area contributed by atoms with Gasteiger partial charge in [-0.15, -0.1) is 0 Å². The van der Waals surface area contributed by atoms with E-state index < -0.39 is 0 Å². The number of aromatic nitrogens is 1. The third kappa shape index (κ3) is 1.43. The highest BCUT2D eigenvalue weighted by Crippen LogP contribution is 2.14. The van der Waals surface area contributed by atoms with Gasteiger partial charge in [0.25, 0.3) is 0 Å². The smallest absolute Gasteiger partial charge is 0.0704 e. The van der Waals surface area contributed by atoms with Crippen LogP contribution in [-0.2, 0) is 0 Å². The second kappa shape index (κ2) is 3.59. The van der Waals surface area contributed by atoms with Crippen molar-refractivity contribution in [1.29, 1.82) is 0 Å². The molecule has 62 valence electrons. The molecule has 0 saturated heterocycles. The summed E-state index contributed by atoms with van der Waals surface area (Å²) in [5.74, 6) is 0. The van der Waals surface area contributed by atoms with Gasteiger partial charge in [0.2, 0.25) is 0 Å². The summed E-state index contributed by atoms with van der Waals surface area (Å²) in [7, 11) is 0. The lowest BCUT2D eigenvalue weighted by molar-refractivity contribution is 1.39. The molecule has 0 spiro atoms. The molecular weight excluding hydrogens is 166 g/mol. The summed E-state index contributed by atoms with van der Waals surface area (Å²) < 4.78 is 0. The number of hydrogen-bond donors (Lipinski definition) is 0. The van der Waals surface area contributed by atoms with Crippen molar-refractivity contribution in [2.45, 2.75) is 6.92 Å². The van der Waals surface area contributed by atoms with Crippen LogP contribution in [0.25, 0.3) is 10.9 Å². The minimum absolute atomic E-state index is 0. The van der Waals surface area contributed by atoms with Crippen LogP contribution in [0.1, 0.15) is 5.56 Å². The average Bonchev–Trinajstić information content (AvgIpc) is 2.06. The highest BCUT2D eigenvalue weighted by Gasteiger charge is 1.93. The lowest BCUT2D eigenvalue weighted by Crippen LogP contribution is -1.79. The summed E-state index contributed by atoms with van der Waals surface area (Å²) in [4.78, 5) is 4.24. The summed E-state index contributed by atoms with van der Waals surface area (Å²) in [5.41, 5.74) is 2.36. The highest BCUT2D eigenvalue weighted by atomic mass is 32.1. The van der Waals surface area contributed by atoms with Gasteiger partial charge in [-0.05, 0) is 24.6 Å². The largest absolute Gasteiger partial charge is 0.256 e. The molecule has 0 radical (unpaired) electrons. The van der Waals surface area contributed by atoms with Crippen molar-refractivity contribution in [2.24, 2.45) is 0 Å². The number of pyridine rings is 1. The Morgan fingerprint density at radius 3 is 2.67 bits per heavy atom. The maximum atomic E-state index is 4.24. The molecule has 0 saturated carbocycles. The van der Waals surface area contributed by atoms with Crippen molar-refractivity contribution < 1.29 is 0 Å². The number of benzene rings is 1. The van der Waals surface area contributed by atoms with Gasteiger partial charge in [0.15, 0.2) is 0 Å². The lowest BCUT2D eigenvalue weighted by Gasteiger charge is -1.97. The van der Waals surface area contributed by atoms with Gasteiger partial charge < -0.3 is 0 Å². The number of nitrogens with zero attached hydrogens (tertiary/aromatic N) is 1. The fourth-order valence-corrected chi connectivity index (χ4v) is 1.26. The molecule has 1 aromatic carbocycles. The first kappa shape index (κ1) is 9.07. The molecule has 12 heavy (non-hydrogen) atoms. The highest BCUT2D eigenvalue weighted by molar-refractivity contribution is 7.59. The molecule has 2 heteroatoms. The van der Waals surface area contributed by atoms with Crippen LogP contribution in [0, 0.1) is 6.92 Å². The van der Waals surface area contributed by atoms with Gasteiger partial charge in [-0.1, -0.05) is 18.2 Å². The van der Waals surface area contributed by atoms with Crippen LogP contribution in [0.5, 0.6) is 0 Å². The van der Waals surface area contributed by atoms with E-state index in [9.17, 15) is 0 Å². The SMILES string of the molecule is Cc1cccc2ncccc12.S. The topological polar surface area (TPSA) is 12.9 Å². The summed E-state index contributed by atoms with van der Waals surface area (Å²) in [5, 5.41) is 1.25. The van der Waals surface area contributed by atoms with Crippen LogP contribution in [0.2, 0.25) is 0 Å². The molecule has 1 heterocycles. The summed E-state index contributed by atoms with van der Waals surface area (Å²) in [6.45, 7) is 2.10. The Morgan fingerprint density at radius 2 is 1.92 bits per heavy atom. The zero-order valence-electron chi connectivity index (χ0n) is 6.91. The standard InChI is InChI=1S/C10H9N.H2S/c1-8-4-2-6-10-9(8)5-3-7-11-10;/h2-7H,1H3;1H2. The molecule has 1 nitrogen and oxygen atoms in total. The Hall–Kier alpha value is -1.02. The predicted octanol–water partition coefficient (Wildman–Crippen LogP) is 2.66. The maximum absolute atomic E-state index is 4.24. The van der Waals surface area contributed by atoms with E-state index in [-0.39, 0.29) is 13.5 Å². The van der Waals surface area contributed by atoms with Crippen molar-refractivity contribution in [2.75, 3.05) is 0 Å². The van der Waals surface area contributed by atoms with Crippen molar-refractivity contribution >= 4 is 24.4 Å². The van der Waals surface area contributed by atoms with Crippen molar-refractivity contribution in [1.82, 2.24) is 4.98 Å². The molecule has 2 rings (SSSR count). The predicted molar refractivity (Wildman–Crippen MR) is 56.9 cm³/mol. The van der Waals surface area contributed by atoms with Crippen LogP contribution in [0.15, 0.2) is 36.5 Å². The van der Waals surface area contributed by atoms with Crippen LogP contribution in [-0.4, -0.2) is 4.98 Å². The molecule has 0 atom stereocenters. The third-order valence-corrected chi connectivity index (χ3v) is 1.86. The van der Waals surface area contributed by atoms with Gasteiger partial charge in [-0.3, -0.25) is 4.98 Å². The van der Waals surface area contributed by atoms with E-state index in [0.717, 1.165) is 5.52 Å². The summed E-state index contributed by atoms with van der Waals surface area (Å²) in [6.07, 6.45) is 1.82. The van der Waals surface area contributed by atoms with Crippen LogP contribution in [0.3, 0.4) is 0 Å². The zero-order chi connectivity index (χ0) is 7.68. The Kier molecular flexibility index (Phi) is 2.71. The van der Waals surface area contributed by atoms with Gasteiger partial charge in [0.05, 0.1) is 5.52 Å². The Balaban J connectivity index is 0.000000720. The molecule has 0 amide bonds. The van der Waals surface area contributed by atoms with Gasteiger partial charge in [-0.2, -0.15) is 13.5 Å². The fourth-order valence-electron chi connectivity index (χ4n) is 1.26. The first-order chi connectivity index (χ1) is 5.38. The lowest BCUT2D eigenvalue weighted by atomic mass is 10.1. The van der Waals surface area contributed by atoms with Crippen molar-refractivity contribution in [3.8, 4) is 0 Å². The van der Waals surface area contributed by atoms with E-state index in [1.807, 2.05) is 24.4 Å². The minimum atomic E-state index is 0. The normalized spacial score (nSPS) is 9.42. The van der Waals surface area contributed by atoms with E-state index in [4.69, 9.17) is 0 Å². The Bertz CT molecular complexity index is 379. The van der Waals surface area contributed by atoms with E-state index in [1.54, 1.807) is 0 Å². The van der Waals surface area contributed by atoms with Crippen LogP contribution < -0.4 is 0 Å². The van der Waals surface area contributed by atoms with E-state index in [0.29, 0.717) is 0 Å². The number of aryl methyl sites for hydroxylation is 1. The van der Waals surface area contributed by atoms with Crippen LogP contribution in [0.4, 0.5) is 0 Å². The average molecular weight is 177 g/mol. The molecule has 0 aliphatic heterocycles. The van der Waals surface area contributed by atoms with Gasteiger partial charge in [0.1, 0.15) is 0 Å². The first-order valence-corrected chi connectivity index (χ1v) is 3.68. The van der Waals surface area contributed by atoms with Gasteiger partial charge >= 0.3 is 0 Å². The molecule has 0 aliphatic rings. The fraction of sp³-hybridized carbons (Fsp3) is 0.100. The molecule has 0 bridgehead atoms. The molecule has 2 aromatic rings. The molecule has 0 N–H and O–H groups in total. The van der Waals surface area contributed by atoms with E-state index in [2.05, 4.69) is 24.0 Å². The zero-order valence-corrected chi connectivity index (χ0v) is 7.91. The van der Waals surface area contributed by atoms with E-state index in [1.165, 1.54) is 10.9 Å². The second-order valence-corrected chi connectivity index (χ2v) is 2.64. The second-order valence-electron chi connectivity index (χ2n) is 2.64. The van der Waals surface area contributed by atoms with Crippen LogP contribution >= 0.6 is 13.5 Å². The minimum Gasteiger partial charge on any atom is -0.256 e. The van der Waals surface area contributed by atoms with E-state index >= 15 is 0 Å². The molecule has 1 aromatic heterocycles. The van der Waals surface area contributed by atoms with Crippen molar-refractivity contribution in [3.63, 3.8) is 0 Å². The Morgan fingerprint density at radius 1 is 1.08 bits per heavy atom. The number of fused-ring (bicyclic) bond motifs is 1. The van der Waals surface area contributed by atoms with Gasteiger partial charge in [0, 0.05) is 11.6 Å². The molecule has 0 unspecified atom stereocenters. The first-order valence-electron chi connectivity index (χ1n) is 3.68. The molecule has 0 fully saturated rings. The Labute approximate surface area is 78.9 Å². The quantitative estimate of drug-likeness (QED) is 0.603. The maximum Gasteiger partial charge on any atom is 0.0704 e. The van der Waals surface area contributed by atoms with Crippen molar-refractivity contribution in [3.05, 3.63) is 42.1 Å². The summed E-state index contributed by atoms with van der Waals surface area (Å²) >= 11 is 0. The summed E-state index contributed by atoms with van der Waals surface area (Å²) in [6, 6.07) is 10.2. The monoisotopic (exact) mass is 177 g/mol. The third-order valence-electron chi connectivity index (χ3n) is 1.86. The number of hydrogen-bond acceptors (Lipinski definition) is 1. The molecular formula is C10H11NS.